The number of hydrogen-bond donors (Lipinski definition) is 1. The zero-order chi connectivity index (χ0) is 12.4. The highest BCUT2D eigenvalue weighted by Gasteiger charge is 2.22. The van der Waals surface area contributed by atoms with E-state index in [0.717, 1.165) is 0 Å². The minimum Gasteiger partial charge on any atom is -0.507 e. The van der Waals surface area contributed by atoms with Gasteiger partial charge in [-0.05, 0) is 40.8 Å². The van der Waals surface area contributed by atoms with E-state index in [9.17, 15) is 14.7 Å². The number of hydrogen-bond acceptors (Lipinski definition) is 3. The van der Waals surface area contributed by atoms with Crippen LogP contribution in [0.1, 0.15) is 23.2 Å². The summed E-state index contributed by atoms with van der Waals surface area (Å²) in [5.41, 5.74) is 0.470. The van der Waals surface area contributed by atoms with E-state index < -0.39 is 0 Å². The van der Waals surface area contributed by atoms with Crippen LogP contribution in [0.15, 0.2) is 18.2 Å². The minimum atomic E-state index is -0.121. The Balaban J connectivity index is 2.14. The van der Waals surface area contributed by atoms with Crippen molar-refractivity contribution in [1.82, 2.24) is 4.90 Å². The van der Waals surface area contributed by atoms with Crippen molar-refractivity contribution in [2.45, 2.75) is 12.8 Å². The van der Waals surface area contributed by atoms with Crippen LogP contribution in [0.3, 0.4) is 0 Å². The highest BCUT2D eigenvalue weighted by molar-refractivity contribution is 14.1. The molecular weight excluding hydrogens is 333 g/mol. The van der Waals surface area contributed by atoms with Gasteiger partial charge in [0.1, 0.15) is 11.5 Å². The lowest BCUT2D eigenvalue weighted by molar-refractivity contribution is -0.120. The minimum absolute atomic E-state index is 0.115. The van der Waals surface area contributed by atoms with Crippen molar-refractivity contribution in [1.29, 1.82) is 0 Å². The predicted molar refractivity (Wildman–Crippen MR) is 71.0 cm³/mol. The number of piperidine rings is 1. The van der Waals surface area contributed by atoms with Crippen molar-refractivity contribution >= 4 is 34.3 Å². The number of nitrogens with zero attached hydrogens (tertiary/aromatic N) is 1. The Morgan fingerprint density at radius 1 is 1.29 bits per heavy atom. The average molecular weight is 345 g/mol. The predicted octanol–water partition coefficient (Wildman–Crippen LogP) is 1.80. The molecular formula is C12H12INO3. The molecule has 0 radical (unpaired) electrons. The highest BCUT2D eigenvalue weighted by Crippen LogP contribution is 2.22. The largest absolute Gasteiger partial charge is 0.507 e. The first-order valence-corrected chi connectivity index (χ1v) is 6.45. The van der Waals surface area contributed by atoms with Crippen molar-refractivity contribution < 1.29 is 14.7 Å². The van der Waals surface area contributed by atoms with Gasteiger partial charge in [-0.2, -0.15) is 0 Å². The van der Waals surface area contributed by atoms with Crippen LogP contribution in [-0.4, -0.2) is 34.8 Å². The van der Waals surface area contributed by atoms with Crippen LogP contribution in [0.2, 0.25) is 0 Å². The van der Waals surface area contributed by atoms with Crippen molar-refractivity contribution in [2.24, 2.45) is 0 Å². The molecule has 0 spiro atoms. The first kappa shape index (κ1) is 12.3. The third kappa shape index (κ3) is 2.77. The van der Waals surface area contributed by atoms with Crippen LogP contribution >= 0.6 is 22.6 Å². The molecule has 90 valence electrons. The maximum atomic E-state index is 12.1. The van der Waals surface area contributed by atoms with Gasteiger partial charge >= 0.3 is 0 Å². The quantitative estimate of drug-likeness (QED) is 0.790. The summed E-state index contributed by atoms with van der Waals surface area (Å²) in [5, 5.41) is 9.56. The van der Waals surface area contributed by atoms with Gasteiger partial charge in [0.05, 0.1) is 3.57 Å². The summed E-state index contributed by atoms with van der Waals surface area (Å²) < 4.78 is 0.716. The highest BCUT2D eigenvalue weighted by atomic mass is 127. The van der Waals surface area contributed by atoms with E-state index in [1.54, 1.807) is 17.0 Å². The molecule has 1 saturated heterocycles. The summed E-state index contributed by atoms with van der Waals surface area (Å²) in [6, 6.07) is 4.87. The van der Waals surface area contributed by atoms with E-state index in [2.05, 4.69) is 0 Å². The molecule has 1 aromatic rings. The van der Waals surface area contributed by atoms with Crippen LogP contribution in [0, 0.1) is 3.57 Å². The molecule has 0 aromatic heterocycles. The number of halogens is 1. The number of amides is 1. The molecule has 2 rings (SSSR count). The zero-order valence-corrected chi connectivity index (χ0v) is 11.3. The number of aromatic hydroxyl groups is 1. The van der Waals surface area contributed by atoms with E-state index in [0.29, 0.717) is 35.1 Å². The average Bonchev–Trinajstić information content (AvgIpc) is 2.33. The molecule has 1 amide bonds. The molecule has 0 bridgehead atoms. The van der Waals surface area contributed by atoms with Crippen molar-refractivity contribution in [2.75, 3.05) is 13.1 Å². The topological polar surface area (TPSA) is 57.6 Å². The molecule has 1 fully saturated rings. The number of benzene rings is 1. The molecule has 1 N–H and O–H groups in total. The van der Waals surface area contributed by atoms with Crippen molar-refractivity contribution in [3.8, 4) is 5.75 Å². The second kappa shape index (κ2) is 5.03. The van der Waals surface area contributed by atoms with Gasteiger partial charge in [0, 0.05) is 31.5 Å². The molecule has 17 heavy (non-hydrogen) atoms. The first-order valence-electron chi connectivity index (χ1n) is 5.37. The lowest BCUT2D eigenvalue weighted by Crippen LogP contribution is -2.38. The maximum Gasteiger partial charge on any atom is 0.254 e. The van der Waals surface area contributed by atoms with Gasteiger partial charge in [-0.1, -0.05) is 0 Å². The van der Waals surface area contributed by atoms with Crippen molar-refractivity contribution in [3.63, 3.8) is 0 Å². The number of Topliss-reactive ketones (excluding diaryl/α,β-unsaturated/α-hetero) is 1. The molecule has 0 saturated carbocycles. The Labute approximate surface area is 113 Å². The summed E-state index contributed by atoms with van der Waals surface area (Å²) in [6.45, 7) is 0.953. The van der Waals surface area contributed by atoms with E-state index in [1.165, 1.54) is 6.07 Å². The molecule has 1 aliphatic rings. The number of rotatable bonds is 1. The standard InChI is InChI=1S/C12H12INO3/c13-10-2-1-8(7-11(10)16)12(17)14-5-3-9(15)4-6-14/h1-2,7,16H,3-6H2. The molecule has 1 aliphatic heterocycles. The Bertz CT molecular complexity index is 463. The molecule has 1 heterocycles. The van der Waals surface area contributed by atoms with Gasteiger partial charge in [-0.25, -0.2) is 0 Å². The zero-order valence-electron chi connectivity index (χ0n) is 9.15. The molecule has 0 atom stereocenters. The first-order chi connectivity index (χ1) is 8.08. The van der Waals surface area contributed by atoms with Gasteiger partial charge in [0.15, 0.2) is 0 Å². The Morgan fingerprint density at radius 3 is 2.53 bits per heavy atom. The summed E-state index contributed by atoms with van der Waals surface area (Å²) in [7, 11) is 0. The SMILES string of the molecule is O=C1CCN(C(=O)c2ccc(I)c(O)c2)CC1. The lowest BCUT2D eigenvalue weighted by Gasteiger charge is -2.26. The Kier molecular flexibility index (Phi) is 3.66. The lowest BCUT2D eigenvalue weighted by atomic mass is 10.1. The summed E-state index contributed by atoms with van der Waals surface area (Å²) in [4.78, 5) is 24.8. The maximum absolute atomic E-state index is 12.1. The van der Waals surface area contributed by atoms with Crippen LogP contribution in [0.25, 0.3) is 0 Å². The van der Waals surface area contributed by atoms with Crippen LogP contribution in [0.5, 0.6) is 5.75 Å². The fourth-order valence-electron chi connectivity index (χ4n) is 1.79. The van der Waals surface area contributed by atoms with Gasteiger partial charge in [0.25, 0.3) is 5.91 Å². The number of likely N-dealkylation sites (tertiary alicyclic amines) is 1. The molecule has 5 heteroatoms. The Hall–Kier alpha value is -1.11. The van der Waals surface area contributed by atoms with Crippen LogP contribution in [0.4, 0.5) is 0 Å². The van der Waals surface area contributed by atoms with Crippen molar-refractivity contribution in [3.05, 3.63) is 27.3 Å². The number of ketones is 1. The fourth-order valence-corrected chi connectivity index (χ4v) is 2.12. The second-order valence-corrected chi connectivity index (χ2v) is 5.16. The summed E-state index contributed by atoms with van der Waals surface area (Å²) >= 11 is 2.00. The third-order valence-electron chi connectivity index (χ3n) is 2.80. The van der Waals surface area contributed by atoms with E-state index >= 15 is 0 Å². The summed E-state index contributed by atoms with van der Waals surface area (Å²) in [5.74, 6) is 0.202. The van der Waals surface area contributed by atoms with Gasteiger partial charge in [-0.15, -0.1) is 0 Å². The van der Waals surface area contributed by atoms with Gasteiger partial charge in [-0.3, -0.25) is 9.59 Å². The van der Waals surface area contributed by atoms with E-state index in [-0.39, 0.29) is 17.4 Å². The molecule has 1 aromatic carbocycles. The van der Waals surface area contributed by atoms with Gasteiger partial charge in [0.2, 0.25) is 0 Å². The Morgan fingerprint density at radius 2 is 1.94 bits per heavy atom. The summed E-state index contributed by atoms with van der Waals surface area (Å²) in [6.07, 6.45) is 0.865. The van der Waals surface area contributed by atoms with Gasteiger partial charge < -0.3 is 10.0 Å². The monoisotopic (exact) mass is 345 g/mol. The number of carbonyl (C=O) groups excluding carboxylic acids is 2. The van der Waals surface area contributed by atoms with Crippen LogP contribution < -0.4 is 0 Å². The van der Waals surface area contributed by atoms with Crippen LogP contribution in [-0.2, 0) is 4.79 Å². The van der Waals surface area contributed by atoms with E-state index in [4.69, 9.17) is 0 Å². The number of carbonyl (C=O) groups is 2. The normalized spacial score (nSPS) is 16.1. The third-order valence-corrected chi connectivity index (χ3v) is 3.71. The number of phenols is 1. The number of phenolic OH excluding ortho intramolecular Hbond substituents is 1. The molecule has 0 aliphatic carbocycles. The molecule has 0 unspecified atom stereocenters. The smallest absolute Gasteiger partial charge is 0.254 e. The second-order valence-electron chi connectivity index (χ2n) is 4.00. The molecule has 4 nitrogen and oxygen atoms in total. The van der Waals surface area contributed by atoms with E-state index in [1.807, 2.05) is 22.6 Å². The fraction of sp³-hybridized carbons (Fsp3) is 0.333.